The predicted molar refractivity (Wildman–Crippen MR) is 62.6 cm³/mol. The highest BCUT2D eigenvalue weighted by atomic mass is 16.2. The largest absolute Gasteiger partial charge is 0.348 e. The lowest BCUT2D eigenvalue weighted by molar-refractivity contribution is 0.0922. The molecule has 84 valence electrons. The van der Waals surface area contributed by atoms with Crippen LogP contribution in [0.5, 0.6) is 0 Å². The molecule has 1 aromatic carbocycles. The molecule has 2 aliphatic rings. The van der Waals surface area contributed by atoms with Crippen molar-refractivity contribution in [3.63, 3.8) is 0 Å². The molecule has 0 aromatic heterocycles. The van der Waals surface area contributed by atoms with E-state index in [-0.39, 0.29) is 12.1 Å². The monoisotopic (exact) mass is 217 g/mol. The van der Waals surface area contributed by atoms with Crippen LogP contribution in [0.25, 0.3) is 0 Å². The number of piperazine rings is 1. The van der Waals surface area contributed by atoms with Crippen LogP contribution in [-0.2, 0) is 0 Å². The average molecular weight is 217 g/mol. The molecule has 0 saturated carbocycles. The van der Waals surface area contributed by atoms with E-state index >= 15 is 0 Å². The topological polar surface area (TPSA) is 44.4 Å². The van der Waals surface area contributed by atoms with Crippen LogP contribution in [0.2, 0.25) is 0 Å². The Bertz CT molecular complexity index is 444. The van der Waals surface area contributed by atoms with E-state index in [0.717, 1.165) is 36.4 Å². The number of aryl methyl sites for hydroxylation is 1. The van der Waals surface area contributed by atoms with Crippen molar-refractivity contribution >= 4 is 11.6 Å². The van der Waals surface area contributed by atoms with Crippen molar-refractivity contribution < 1.29 is 4.79 Å². The third-order valence-electron chi connectivity index (χ3n) is 3.33. The molecule has 2 heterocycles. The second-order valence-electron chi connectivity index (χ2n) is 4.36. The number of fused-ring (bicyclic) bond motifs is 3. The molecule has 0 spiro atoms. The Labute approximate surface area is 94.6 Å². The van der Waals surface area contributed by atoms with Crippen molar-refractivity contribution in [1.29, 1.82) is 0 Å². The van der Waals surface area contributed by atoms with Crippen molar-refractivity contribution in [2.24, 2.45) is 0 Å². The van der Waals surface area contributed by atoms with Crippen LogP contribution >= 0.6 is 0 Å². The number of carbonyl (C=O) groups is 1. The van der Waals surface area contributed by atoms with Crippen LogP contribution in [0, 0.1) is 6.92 Å². The van der Waals surface area contributed by atoms with Gasteiger partial charge >= 0.3 is 0 Å². The van der Waals surface area contributed by atoms with Gasteiger partial charge in [0.05, 0.1) is 11.3 Å². The molecule has 0 aliphatic carbocycles. The number of carbonyl (C=O) groups excluding carboxylic acids is 1. The number of benzene rings is 1. The van der Waals surface area contributed by atoms with Gasteiger partial charge in [-0.25, -0.2) is 0 Å². The summed E-state index contributed by atoms with van der Waals surface area (Å²) in [4.78, 5) is 14.3. The molecular weight excluding hydrogens is 202 g/mol. The van der Waals surface area contributed by atoms with E-state index in [2.05, 4.69) is 15.5 Å². The van der Waals surface area contributed by atoms with Crippen LogP contribution in [0.15, 0.2) is 18.2 Å². The molecular formula is C12H15N3O. The zero-order valence-corrected chi connectivity index (χ0v) is 9.29. The fraction of sp³-hybridized carbons (Fsp3) is 0.417. The molecule has 0 radical (unpaired) electrons. The van der Waals surface area contributed by atoms with Crippen molar-refractivity contribution in [2.45, 2.75) is 13.1 Å². The quantitative estimate of drug-likeness (QED) is 0.664. The van der Waals surface area contributed by atoms with Gasteiger partial charge < -0.3 is 15.5 Å². The second-order valence-corrected chi connectivity index (χ2v) is 4.36. The number of rotatable bonds is 0. The fourth-order valence-electron chi connectivity index (χ4n) is 2.53. The van der Waals surface area contributed by atoms with Gasteiger partial charge in [-0.1, -0.05) is 12.1 Å². The van der Waals surface area contributed by atoms with E-state index in [9.17, 15) is 4.79 Å². The van der Waals surface area contributed by atoms with E-state index in [1.54, 1.807) is 0 Å². The maximum absolute atomic E-state index is 12.0. The van der Waals surface area contributed by atoms with E-state index < -0.39 is 0 Å². The van der Waals surface area contributed by atoms with E-state index in [0.29, 0.717) is 0 Å². The summed E-state index contributed by atoms with van der Waals surface area (Å²) in [5.74, 6) is 0.0537. The predicted octanol–water partition coefficient (Wildman–Crippen LogP) is 0.474. The average Bonchev–Trinajstić information content (AvgIpc) is 2.29. The highest BCUT2D eigenvalue weighted by molar-refractivity contribution is 6.03. The summed E-state index contributed by atoms with van der Waals surface area (Å²) in [5, 5.41) is 6.33. The number of hydrogen-bond acceptors (Lipinski definition) is 3. The molecule has 1 atom stereocenters. The smallest absolute Gasteiger partial charge is 0.255 e. The van der Waals surface area contributed by atoms with E-state index in [4.69, 9.17) is 0 Å². The Morgan fingerprint density at radius 1 is 1.44 bits per heavy atom. The Morgan fingerprint density at radius 3 is 3.19 bits per heavy atom. The Hall–Kier alpha value is -1.55. The fourth-order valence-corrected chi connectivity index (χ4v) is 2.53. The first-order chi connectivity index (χ1) is 7.77. The van der Waals surface area contributed by atoms with Gasteiger partial charge in [0, 0.05) is 19.6 Å². The van der Waals surface area contributed by atoms with Gasteiger partial charge in [0.15, 0.2) is 0 Å². The maximum atomic E-state index is 12.0. The molecule has 1 saturated heterocycles. The summed E-state index contributed by atoms with van der Waals surface area (Å²) in [6, 6.07) is 6.05. The first-order valence-electron chi connectivity index (χ1n) is 5.65. The number of amides is 1. The SMILES string of the molecule is Cc1cccc2c1C(=O)N[C@H]1CNCCN21. The summed E-state index contributed by atoms with van der Waals surface area (Å²) < 4.78 is 0. The first kappa shape index (κ1) is 9.66. The van der Waals surface area contributed by atoms with E-state index in [1.165, 1.54) is 0 Å². The summed E-state index contributed by atoms with van der Waals surface area (Å²) >= 11 is 0. The van der Waals surface area contributed by atoms with Crippen molar-refractivity contribution in [1.82, 2.24) is 10.6 Å². The van der Waals surface area contributed by atoms with Crippen molar-refractivity contribution in [2.75, 3.05) is 24.5 Å². The summed E-state index contributed by atoms with van der Waals surface area (Å²) in [6.45, 7) is 4.72. The highest BCUT2D eigenvalue weighted by Gasteiger charge is 2.32. The highest BCUT2D eigenvalue weighted by Crippen LogP contribution is 2.28. The molecule has 4 heteroatoms. The molecule has 1 amide bonds. The minimum Gasteiger partial charge on any atom is -0.348 e. The summed E-state index contributed by atoms with van der Waals surface area (Å²) in [6.07, 6.45) is 0.107. The number of nitrogens with one attached hydrogen (secondary N) is 2. The van der Waals surface area contributed by atoms with Gasteiger partial charge in [-0.3, -0.25) is 4.79 Å². The second kappa shape index (κ2) is 3.49. The normalized spacial score (nSPS) is 23.4. The first-order valence-corrected chi connectivity index (χ1v) is 5.65. The third kappa shape index (κ3) is 1.30. The van der Waals surface area contributed by atoms with Gasteiger partial charge in [-0.2, -0.15) is 0 Å². The van der Waals surface area contributed by atoms with Gasteiger partial charge in [0.1, 0.15) is 6.17 Å². The minimum absolute atomic E-state index is 0.0537. The minimum atomic E-state index is 0.0537. The van der Waals surface area contributed by atoms with Crippen molar-refractivity contribution in [3.05, 3.63) is 29.3 Å². The molecule has 2 N–H and O–H groups in total. The molecule has 16 heavy (non-hydrogen) atoms. The lowest BCUT2D eigenvalue weighted by Crippen LogP contribution is -2.62. The number of hydrogen-bond donors (Lipinski definition) is 2. The Balaban J connectivity index is 2.11. The maximum Gasteiger partial charge on any atom is 0.255 e. The zero-order chi connectivity index (χ0) is 11.1. The standard InChI is InChI=1S/C12H15N3O/c1-8-3-2-4-9-11(8)12(16)14-10-7-13-5-6-15(9)10/h2-4,10,13H,5-7H2,1H3,(H,14,16)/t10-/m1/s1. The Morgan fingerprint density at radius 2 is 2.31 bits per heavy atom. The number of nitrogens with zero attached hydrogens (tertiary/aromatic N) is 1. The molecule has 3 rings (SSSR count). The number of anilines is 1. The van der Waals surface area contributed by atoms with Crippen molar-refractivity contribution in [3.8, 4) is 0 Å². The lowest BCUT2D eigenvalue weighted by atomic mass is 10.0. The van der Waals surface area contributed by atoms with Gasteiger partial charge in [0.2, 0.25) is 0 Å². The van der Waals surface area contributed by atoms with Crippen LogP contribution in [0.3, 0.4) is 0 Å². The van der Waals surface area contributed by atoms with Crippen LogP contribution in [-0.4, -0.2) is 31.7 Å². The lowest BCUT2D eigenvalue weighted by Gasteiger charge is -2.42. The van der Waals surface area contributed by atoms with Crippen LogP contribution in [0.1, 0.15) is 15.9 Å². The molecule has 1 aromatic rings. The molecule has 0 bridgehead atoms. The van der Waals surface area contributed by atoms with Crippen LogP contribution < -0.4 is 15.5 Å². The molecule has 4 nitrogen and oxygen atoms in total. The molecule has 1 fully saturated rings. The van der Waals surface area contributed by atoms with Gasteiger partial charge in [-0.05, 0) is 18.6 Å². The molecule has 0 unspecified atom stereocenters. The Kier molecular flexibility index (Phi) is 2.11. The van der Waals surface area contributed by atoms with E-state index in [1.807, 2.05) is 25.1 Å². The van der Waals surface area contributed by atoms with Gasteiger partial charge in [-0.15, -0.1) is 0 Å². The summed E-state index contributed by atoms with van der Waals surface area (Å²) in [7, 11) is 0. The summed E-state index contributed by atoms with van der Waals surface area (Å²) in [5.41, 5.74) is 2.96. The zero-order valence-electron chi connectivity index (χ0n) is 9.29. The van der Waals surface area contributed by atoms with Gasteiger partial charge in [0.25, 0.3) is 5.91 Å². The molecule has 2 aliphatic heterocycles. The third-order valence-corrected chi connectivity index (χ3v) is 3.33. The van der Waals surface area contributed by atoms with Crippen LogP contribution in [0.4, 0.5) is 5.69 Å².